The maximum atomic E-state index is 12.4. The number of hydrogen-bond acceptors (Lipinski definition) is 4. The predicted octanol–water partition coefficient (Wildman–Crippen LogP) is 3.31. The second-order valence-electron chi connectivity index (χ2n) is 5.13. The number of nitrogens with one attached hydrogen (secondary N) is 1. The summed E-state index contributed by atoms with van der Waals surface area (Å²) in [5.41, 5.74) is 0.00908. The van der Waals surface area contributed by atoms with Crippen LogP contribution in [0.2, 0.25) is 0 Å². The standard InChI is InChI=1S/C14H20BrF2NO3/c1-4-20-11-6-9(7-18-8-14(2,3)19)5-10(15)12(11)21-13(16)17/h5-6,13,18-19H,4,7-8H2,1-3H3. The zero-order valence-electron chi connectivity index (χ0n) is 12.3. The Morgan fingerprint density at radius 1 is 1.38 bits per heavy atom. The van der Waals surface area contributed by atoms with Crippen molar-refractivity contribution in [3.63, 3.8) is 0 Å². The highest BCUT2D eigenvalue weighted by Crippen LogP contribution is 2.37. The van der Waals surface area contributed by atoms with E-state index in [-0.39, 0.29) is 11.5 Å². The highest BCUT2D eigenvalue weighted by Gasteiger charge is 2.17. The van der Waals surface area contributed by atoms with Crippen molar-refractivity contribution in [2.75, 3.05) is 13.2 Å². The van der Waals surface area contributed by atoms with Crippen LogP contribution in [-0.4, -0.2) is 30.5 Å². The molecule has 0 aliphatic carbocycles. The molecule has 0 fully saturated rings. The van der Waals surface area contributed by atoms with Crippen LogP contribution in [0.3, 0.4) is 0 Å². The fourth-order valence-electron chi connectivity index (χ4n) is 1.70. The SMILES string of the molecule is CCOc1cc(CNCC(C)(C)O)cc(Br)c1OC(F)F. The molecule has 0 saturated carbocycles. The van der Waals surface area contributed by atoms with Crippen molar-refractivity contribution in [3.8, 4) is 11.5 Å². The van der Waals surface area contributed by atoms with Crippen LogP contribution in [0.25, 0.3) is 0 Å². The van der Waals surface area contributed by atoms with Crippen molar-refractivity contribution in [2.45, 2.75) is 39.5 Å². The maximum Gasteiger partial charge on any atom is 0.387 e. The average molecular weight is 368 g/mol. The third-order valence-electron chi connectivity index (χ3n) is 2.46. The van der Waals surface area contributed by atoms with Gasteiger partial charge in [0.25, 0.3) is 0 Å². The Kier molecular flexibility index (Phi) is 6.83. The van der Waals surface area contributed by atoms with Crippen LogP contribution in [0, 0.1) is 0 Å². The highest BCUT2D eigenvalue weighted by molar-refractivity contribution is 9.10. The first kappa shape index (κ1) is 18.1. The Bertz CT molecular complexity index is 464. The number of hydrogen-bond donors (Lipinski definition) is 2. The third-order valence-corrected chi connectivity index (χ3v) is 3.05. The molecule has 0 aliphatic heterocycles. The lowest BCUT2D eigenvalue weighted by Crippen LogP contribution is -2.34. The number of alkyl halides is 2. The second kappa shape index (κ2) is 7.91. The van der Waals surface area contributed by atoms with Crippen LogP contribution in [-0.2, 0) is 6.54 Å². The van der Waals surface area contributed by atoms with E-state index >= 15 is 0 Å². The summed E-state index contributed by atoms with van der Waals surface area (Å²) in [6, 6.07) is 3.32. The summed E-state index contributed by atoms with van der Waals surface area (Å²) in [7, 11) is 0. The van der Waals surface area contributed by atoms with Crippen molar-refractivity contribution in [1.29, 1.82) is 0 Å². The van der Waals surface area contributed by atoms with Gasteiger partial charge < -0.3 is 19.9 Å². The largest absolute Gasteiger partial charge is 0.490 e. The van der Waals surface area contributed by atoms with E-state index in [2.05, 4.69) is 26.0 Å². The van der Waals surface area contributed by atoms with Crippen molar-refractivity contribution >= 4 is 15.9 Å². The molecule has 0 radical (unpaired) electrons. The maximum absolute atomic E-state index is 12.4. The minimum absolute atomic E-state index is 0.0157. The molecule has 1 aromatic carbocycles. The number of rotatable bonds is 8. The van der Waals surface area contributed by atoms with Gasteiger partial charge in [-0.1, -0.05) is 0 Å². The molecule has 2 N–H and O–H groups in total. The first-order chi connectivity index (χ1) is 9.73. The minimum atomic E-state index is -2.92. The molecule has 0 atom stereocenters. The van der Waals surface area contributed by atoms with E-state index in [0.29, 0.717) is 24.2 Å². The Morgan fingerprint density at radius 2 is 2.05 bits per heavy atom. The van der Waals surface area contributed by atoms with Crippen LogP contribution < -0.4 is 14.8 Å². The second-order valence-corrected chi connectivity index (χ2v) is 5.99. The van der Waals surface area contributed by atoms with E-state index in [4.69, 9.17) is 4.74 Å². The summed E-state index contributed by atoms with van der Waals surface area (Å²) >= 11 is 3.21. The van der Waals surface area contributed by atoms with Crippen LogP contribution in [0.15, 0.2) is 16.6 Å². The third kappa shape index (κ3) is 6.58. The molecular weight excluding hydrogens is 348 g/mol. The molecule has 120 valence electrons. The number of benzene rings is 1. The Balaban J connectivity index is 2.87. The van der Waals surface area contributed by atoms with Crippen molar-refractivity contribution < 1.29 is 23.4 Å². The monoisotopic (exact) mass is 367 g/mol. The summed E-state index contributed by atoms with van der Waals surface area (Å²) < 4.78 is 35.0. The Hall–Kier alpha value is -0.920. The molecule has 1 rings (SSSR count). The van der Waals surface area contributed by atoms with Crippen LogP contribution in [0.1, 0.15) is 26.3 Å². The fraction of sp³-hybridized carbons (Fsp3) is 0.571. The summed E-state index contributed by atoms with van der Waals surface area (Å²) in [4.78, 5) is 0. The Labute approximate surface area is 131 Å². The molecule has 1 aromatic rings. The first-order valence-corrected chi connectivity index (χ1v) is 7.35. The summed E-state index contributed by atoms with van der Waals surface area (Å²) in [5.74, 6) is 0.241. The lowest BCUT2D eigenvalue weighted by Gasteiger charge is -2.19. The lowest BCUT2D eigenvalue weighted by molar-refractivity contribution is -0.0519. The van der Waals surface area contributed by atoms with Gasteiger partial charge in [-0.05, 0) is 54.4 Å². The molecule has 0 unspecified atom stereocenters. The van der Waals surface area contributed by atoms with Gasteiger partial charge in [0, 0.05) is 13.1 Å². The fourth-order valence-corrected chi connectivity index (χ4v) is 2.29. The molecule has 0 aromatic heterocycles. The molecule has 0 aliphatic rings. The first-order valence-electron chi connectivity index (χ1n) is 6.56. The van der Waals surface area contributed by atoms with Crippen molar-refractivity contribution in [1.82, 2.24) is 5.32 Å². The molecule has 0 amide bonds. The molecule has 0 spiro atoms. The van der Waals surface area contributed by atoms with E-state index in [0.717, 1.165) is 5.56 Å². The molecule has 4 nitrogen and oxygen atoms in total. The molecular formula is C14H20BrF2NO3. The molecule has 21 heavy (non-hydrogen) atoms. The quantitative estimate of drug-likeness (QED) is 0.739. The summed E-state index contributed by atoms with van der Waals surface area (Å²) in [6.07, 6.45) is 0. The topological polar surface area (TPSA) is 50.7 Å². The number of halogens is 3. The molecule has 0 saturated heterocycles. The van der Waals surface area contributed by atoms with Gasteiger partial charge in [-0.15, -0.1) is 0 Å². The van der Waals surface area contributed by atoms with Crippen LogP contribution in [0.4, 0.5) is 8.78 Å². The van der Waals surface area contributed by atoms with E-state index < -0.39 is 12.2 Å². The highest BCUT2D eigenvalue weighted by atomic mass is 79.9. The minimum Gasteiger partial charge on any atom is -0.490 e. The van der Waals surface area contributed by atoms with Gasteiger partial charge in [0.05, 0.1) is 16.7 Å². The normalized spacial score (nSPS) is 11.8. The van der Waals surface area contributed by atoms with Gasteiger partial charge in [-0.2, -0.15) is 8.78 Å². The lowest BCUT2D eigenvalue weighted by atomic mass is 10.1. The van der Waals surface area contributed by atoms with Gasteiger partial charge in [0.15, 0.2) is 11.5 Å². The number of aliphatic hydroxyl groups is 1. The van der Waals surface area contributed by atoms with E-state index in [1.807, 2.05) is 0 Å². The van der Waals surface area contributed by atoms with Crippen molar-refractivity contribution in [2.24, 2.45) is 0 Å². The van der Waals surface area contributed by atoms with Crippen molar-refractivity contribution in [3.05, 3.63) is 22.2 Å². The van der Waals surface area contributed by atoms with Gasteiger partial charge in [0.2, 0.25) is 0 Å². The summed E-state index contributed by atoms with van der Waals surface area (Å²) in [5, 5.41) is 12.7. The molecule has 7 heteroatoms. The zero-order valence-corrected chi connectivity index (χ0v) is 13.8. The van der Waals surface area contributed by atoms with Gasteiger partial charge in [-0.25, -0.2) is 0 Å². The van der Waals surface area contributed by atoms with E-state index in [9.17, 15) is 13.9 Å². The summed E-state index contributed by atoms with van der Waals surface area (Å²) in [6.45, 7) is 3.45. The smallest absolute Gasteiger partial charge is 0.387 e. The number of ether oxygens (including phenoxy) is 2. The van der Waals surface area contributed by atoms with Gasteiger partial charge >= 0.3 is 6.61 Å². The van der Waals surface area contributed by atoms with Gasteiger partial charge in [0.1, 0.15) is 0 Å². The predicted molar refractivity (Wildman–Crippen MR) is 79.9 cm³/mol. The van der Waals surface area contributed by atoms with Crippen LogP contribution in [0.5, 0.6) is 11.5 Å². The van der Waals surface area contributed by atoms with Crippen LogP contribution >= 0.6 is 15.9 Å². The molecule has 0 heterocycles. The van der Waals surface area contributed by atoms with E-state index in [1.54, 1.807) is 32.9 Å². The van der Waals surface area contributed by atoms with Gasteiger partial charge in [-0.3, -0.25) is 0 Å². The van der Waals surface area contributed by atoms with E-state index in [1.165, 1.54) is 0 Å². The molecule has 0 bridgehead atoms. The zero-order chi connectivity index (χ0) is 16.0. The average Bonchev–Trinajstić information content (AvgIpc) is 2.32. The Morgan fingerprint density at radius 3 is 2.57 bits per heavy atom.